The highest BCUT2D eigenvalue weighted by Gasteiger charge is 2.31. The number of nitriles is 1. The number of thiocyanates is 1. The number of methoxy groups -OCH3 is 1. The van der Waals surface area contributed by atoms with Gasteiger partial charge in [-0.15, -0.1) is 0 Å². The lowest BCUT2D eigenvalue weighted by Gasteiger charge is -2.26. The fraction of sp³-hybridized carbons (Fsp3) is 0.778. The van der Waals surface area contributed by atoms with Crippen molar-refractivity contribution in [3.63, 3.8) is 0 Å². The number of esters is 1. The summed E-state index contributed by atoms with van der Waals surface area (Å²) in [6.07, 6.45) is -0.297. The van der Waals surface area contributed by atoms with Crippen molar-refractivity contribution in [1.82, 2.24) is 0 Å². The maximum absolute atomic E-state index is 11.4. The normalized spacial score (nSPS) is 15.2. The Morgan fingerprint density at radius 1 is 1.47 bits per heavy atom. The number of carbonyl (C=O) groups is 1. The molecule has 0 aliphatic carbocycles. The molecule has 0 N–H and O–H groups in total. The summed E-state index contributed by atoms with van der Waals surface area (Å²) >= 11 is 0.886. The lowest BCUT2D eigenvalue weighted by atomic mass is 10.3. The summed E-state index contributed by atoms with van der Waals surface area (Å²) in [7, 11) is -0.387. The number of rotatable bonds is 5. The van der Waals surface area contributed by atoms with E-state index in [2.05, 4.69) is 4.74 Å². The van der Waals surface area contributed by atoms with Crippen LogP contribution in [0.1, 0.15) is 6.92 Å². The molecule has 0 unspecified atom stereocenters. The van der Waals surface area contributed by atoms with Gasteiger partial charge in [-0.2, -0.15) is 5.26 Å². The molecule has 0 saturated heterocycles. The molecular formula is C9H17NO3SSi. The molecule has 0 bridgehead atoms. The average Bonchev–Trinajstić information content (AvgIpc) is 2.10. The molecule has 0 fully saturated rings. The molecular weight excluding hydrogens is 230 g/mol. The fourth-order valence-electron chi connectivity index (χ4n) is 1.13. The standard InChI is InChI=1S/C9H17NO3SSi/c1-7(13-15(3,4)5)8(14-6-10)9(11)12-2/h7-8H,1-5H3/t7-,8-/m1/s1. The van der Waals surface area contributed by atoms with E-state index in [9.17, 15) is 4.79 Å². The number of carbonyl (C=O) groups excluding carboxylic acids is 1. The van der Waals surface area contributed by atoms with Crippen LogP contribution in [0, 0.1) is 10.7 Å². The van der Waals surface area contributed by atoms with Gasteiger partial charge in [-0.25, -0.2) is 0 Å². The Morgan fingerprint density at radius 3 is 2.33 bits per heavy atom. The van der Waals surface area contributed by atoms with E-state index in [1.807, 2.05) is 25.0 Å². The van der Waals surface area contributed by atoms with Gasteiger partial charge in [0, 0.05) is 0 Å². The van der Waals surface area contributed by atoms with Crippen molar-refractivity contribution in [2.24, 2.45) is 0 Å². The summed E-state index contributed by atoms with van der Waals surface area (Å²) < 4.78 is 10.4. The van der Waals surface area contributed by atoms with Gasteiger partial charge in [0.1, 0.15) is 10.7 Å². The lowest BCUT2D eigenvalue weighted by molar-refractivity contribution is -0.141. The number of hydrogen-bond donors (Lipinski definition) is 0. The molecule has 0 spiro atoms. The smallest absolute Gasteiger partial charge is 0.322 e. The SMILES string of the molecule is COC(=O)[C@H](SC#N)[C@@H](C)O[Si](C)(C)C. The van der Waals surface area contributed by atoms with Crippen molar-refractivity contribution in [3.05, 3.63) is 0 Å². The second-order valence-electron chi connectivity index (χ2n) is 4.09. The van der Waals surface area contributed by atoms with E-state index in [1.54, 1.807) is 6.92 Å². The summed E-state index contributed by atoms with van der Waals surface area (Å²) in [4.78, 5) is 11.4. The number of nitrogens with zero attached hydrogens (tertiary/aromatic N) is 1. The first kappa shape index (κ1) is 14.5. The van der Waals surface area contributed by atoms with Crippen molar-refractivity contribution >= 4 is 26.0 Å². The minimum Gasteiger partial charge on any atom is -0.468 e. The third kappa shape index (κ3) is 5.82. The minimum absolute atomic E-state index is 0.297. The summed E-state index contributed by atoms with van der Waals surface area (Å²) in [6, 6.07) is 0. The number of hydrogen-bond acceptors (Lipinski definition) is 5. The van der Waals surface area contributed by atoms with Crippen molar-refractivity contribution < 1.29 is 14.0 Å². The average molecular weight is 247 g/mol. The van der Waals surface area contributed by atoms with Gasteiger partial charge in [0.25, 0.3) is 0 Å². The van der Waals surface area contributed by atoms with Crippen LogP contribution in [0.15, 0.2) is 0 Å². The first-order valence-electron chi connectivity index (χ1n) is 4.62. The highest BCUT2D eigenvalue weighted by atomic mass is 32.2. The van der Waals surface area contributed by atoms with Gasteiger partial charge in [-0.3, -0.25) is 4.79 Å². The molecule has 86 valence electrons. The Balaban J connectivity index is 4.50. The lowest BCUT2D eigenvalue weighted by Crippen LogP contribution is -2.39. The number of ether oxygens (including phenoxy) is 1. The van der Waals surface area contributed by atoms with E-state index >= 15 is 0 Å². The van der Waals surface area contributed by atoms with Crippen LogP contribution in [-0.4, -0.2) is 32.8 Å². The second kappa shape index (κ2) is 6.15. The Hall–Kier alpha value is -0.513. The highest BCUT2D eigenvalue weighted by Crippen LogP contribution is 2.20. The second-order valence-corrected chi connectivity index (χ2v) is 9.47. The van der Waals surface area contributed by atoms with Crippen LogP contribution < -0.4 is 0 Å². The van der Waals surface area contributed by atoms with Crippen LogP contribution in [0.25, 0.3) is 0 Å². The van der Waals surface area contributed by atoms with Crippen LogP contribution in [0.5, 0.6) is 0 Å². The molecule has 0 amide bonds. The molecule has 0 aliphatic rings. The molecule has 0 rings (SSSR count). The quantitative estimate of drug-likeness (QED) is 0.422. The molecule has 0 aliphatic heterocycles. The summed E-state index contributed by atoms with van der Waals surface area (Å²) in [5, 5.41) is 9.93. The van der Waals surface area contributed by atoms with Crippen molar-refractivity contribution in [1.29, 1.82) is 5.26 Å². The fourth-order valence-corrected chi connectivity index (χ4v) is 3.03. The predicted molar refractivity (Wildman–Crippen MR) is 62.9 cm³/mol. The molecule has 2 atom stereocenters. The highest BCUT2D eigenvalue weighted by molar-refractivity contribution is 8.05. The van der Waals surface area contributed by atoms with Gasteiger partial charge in [0.05, 0.1) is 13.2 Å². The first-order chi connectivity index (χ1) is 6.81. The largest absolute Gasteiger partial charge is 0.468 e. The molecule has 0 aromatic carbocycles. The Bertz CT molecular complexity index is 259. The minimum atomic E-state index is -1.70. The van der Waals surface area contributed by atoms with E-state index in [-0.39, 0.29) is 6.10 Å². The first-order valence-corrected chi connectivity index (χ1v) is 8.91. The van der Waals surface area contributed by atoms with Crippen LogP contribution >= 0.6 is 11.8 Å². The summed E-state index contributed by atoms with van der Waals surface area (Å²) in [5.74, 6) is -0.410. The third-order valence-electron chi connectivity index (χ3n) is 1.58. The Kier molecular flexibility index (Phi) is 5.94. The van der Waals surface area contributed by atoms with Gasteiger partial charge in [-0.05, 0) is 38.3 Å². The molecule has 0 aromatic rings. The Labute approximate surface area is 96.1 Å². The molecule has 0 radical (unpaired) electrons. The number of thioether (sulfide) groups is 1. The van der Waals surface area contributed by atoms with Gasteiger partial charge >= 0.3 is 5.97 Å². The van der Waals surface area contributed by atoms with Crippen LogP contribution in [-0.2, 0) is 14.0 Å². The molecule has 4 nitrogen and oxygen atoms in total. The van der Waals surface area contributed by atoms with E-state index < -0.39 is 19.5 Å². The summed E-state index contributed by atoms with van der Waals surface area (Å²) in [6.45, 7) is 7.91. The third-order valence-corrected chi connectivity index (χ3v) is 3.59. The topological polar surface area (TPSA) is 59.3 Å². The van der Waals surface area contributed by atoms with Gasteiger partial charge in [0.15, 0.2) is 8.32 Å². The van der Waals surface area contributed by atoms with E-state index in [0.29, 0.717) is 0 Å². The van der Waals surface area contributed by atoms with Crippen molar-refractivity contribution in [3.8, 4) is 5.40 Å². The monoisotopic (exact) mass is 247 g/mol. The predicted octanol–water partition coefficient (Wildman–Crippen LogP) is 1.98. The van der Waals surface area contributed by atoms with Gasteiger partial charge in [0.2, 0.25) is 0 Å². The molecule has 0 aromatic heterocycles. The molecule has 0 heterocycles. The van der Waals surface area contributed by atoms with Crippen LogP contribution in [0.4, 0.5) is 0 Å². The Morgan fingerprint density at radius 2 is 2.00 bits per heavy atom. The molecule has 6 heteroatoms. The molecule has 15 heavy (non-hydrogen) atoms. The maximum atomic E-state index is 11.4. The van der Waals surface area contributed by atoms with E-state index in [4.69, 9.17) is 9.69 Å². The zero-order chi connectivity index (χ0) is 12.1. The molecule has 0 saturated carbocycles. The van der Waals surface area contributed by atoms with E-state index in [0.717, 1.165) is 11.8 Å². The van der Waals surface area contributed by atoms with Crippen molar-refractivity contribution in [2.45, 2.75) is 37.9 Å². The summed E-state index contributed by atoms with van der Waals surface area (Å²) in [5.41, 5.74) is 0. The zero-order valence-corrected chi connectivity index (χ0v) is 11.6. The maximum Gasteiger partial charge on any atom is 0.322 e. The van der Waals surface area contributed by atoms with Crippen LogP contribution in [0.3, 0.4) is 0 Å². The van der Waals surface area contributed by atoms with Gasteiger partial charge < -0.3 is 9.16 Å². The van der Waals surface area contributed by atoms with Gasteiger partial charge in [-0.1, -0.05) is 0 Å². The van der Waals surface area contributed by atoms with Crippen molar-refractivity contribution in [2.75, 3.05) is 7.11 Å². The zero-order valence-electron chi connectivity index (χ0n) is 9.73. The van der Waals surface area contributed by atoms with Crippen LogP contribution in [0.2, 0.25) is 19.6 Å². The van der Waals surface area contributed by atoms with E-state index in [1.165, 1.54) is 7.11 Å².